The Labute approximate surface area is 161 Å². The van der Waals surface area contributed by atoms with Crippen molar-refractivity contribution < 1.29 is 19.3 Å². The highest BCUT2D eigenvalue weighted by Gasteiger charge is 2.30. The maximum Gasteiger partial charge on any atom is 0.405 e. The molecule has 1 aromatic heterocycles. The van der Waals surface area contributed by atoms with E-state index >= 15 is 0 Å². The van der Waals surface area contributed by atoms with Gasteiger partial charge >= 0.3 is 11.7 Å². The summed E-state index contributed by atoms with van der Waals surface area (Å²) < 4.78 is 5.00. The lowest BCUT2D eigenvalue weighted by atomic mass is 9.78. The highest BCUT2D eigenvalue weighted by molar-refractivity contribution is 6.45. The van der Waals surface area contributed by atoms with Crippen molar-refractivity contribution in [2.24, 2.45) is 11.8 Å². The lowest BCUT2D eigenvalue weighted by molar-refractivity contribution is -0.380. The van der Waals surface area contributed by atoms with Crippen molar-refractivity contribution in [2.75, 3.05) is 12.3 Å². The Balaban J connectivity index is 1.95. The van der Waals surface area contributed by atoms with Crippen LogP contribution < -0.4 is 16.0 Å². The van der Waals surface area contributed by atoms with Gasteiger partial charge in [0.1, 0.15) is 10.0 Å². The molecule has 9 heteroatoms. The number of nitrogens with one attached hydrogen (secondary N) is 2. The zero-order valence-electron chi connectivity index (χ0n) is 14.0. The lowest BCUT2D eigenvalue weighted by Crippen LogP contribution is -2.45. The Hall–Kier alpha value is -1.24. The van der Waals surface area contributed by atoms with Crippen molar-refractivity contribution in [3.63, 3.8) is 0 Å². The van der Waals surface area contributed by atoms with E-state index in [0.717, 1.165) is 19.3 Å². The number of carbonyl (C=O) groups is 2. The van der Waals surface area contributed by atoms with Gasteiger partial charge in [-0.15, -0.1) is 0 Å². The Kier molecular flexibility index (Phi) is 6.77. The first-order valence-corrected chi connectivity index (χ1v) is 9.17. The second-order valence-corrected chi connectivity index (χ2v) is 7.51. The highest BCUT2D eigenvalue weighted by Crippen LogP contribution is 2.32. The number of hydrogen-bond donors (Lipinski definition) is 2. The number of anilines is 1. The van der Waals surface area contributed by atoms with E-state index in [1.54, 1.807) is 0 Å². The summed E-state index contributed by atoms with van der Waals surface area (Å²) in [6.07, 6.45) is 3.16. The van der Waals surface area contributed by atoms with Crippen LogP contribution in [0, 0.1) is 11.8 Å². The summed E-state index contributed by atoms with van der Waals surface area (Å²) in [5.74, 6) is -0.265. The van der Waals surface area contributed by atoms with Gasteiger partial charge in [0.15, 0.2) is 6.61 Å². The fourth-order valence-electron chi connectivity index (χ4n) is 2.95. The minimum absolute atomic E-state index is 0.0152. The van der Waals surface area contributed by atoms with Gasteiger partial charge in [0.05, 0.1) is 5.69 Å². The quantitative estimate of drug-likeness (QED) is 0.590. The summed E-state index contributed by atoms with van der Waals surface area (Å²) in [5, 5.41) is 2.80. The molecule has 3 atom stereocenters. The number of pyridine rings is 1. The third-order valence-electron chi connectivity index (χ3n) is 4.71. The number of rotatable bonds is 4. The van der Waals surface area contributed by atoms with E-state index in [-0.39, 0.29) is 38.5 Å². The zero-order chi connectivity index (χ0) is 18.7. The van der Waals surface area contributed by atoms with Gasteiger partial charge in [-0.25, -0.2) is 4.79 Å². The number of nitrogen functional groups attached to an aromatic ring is 1. The molecule has 25 heavy (non-hydrogen) atoms. The first kappa shape index (κ1) is 20.1. The van der Waals surface area contributed by atoms with E-state index in [9.17, 15) is 9.59 Å². The molecule has 1 heterocycles. The van der Waals surface area contributed by atoms with Crippen molar-refractivity contribution in [1.82, 2.24) is 5.32 Å². The van der Waals surface area contributed by atoms with E-state index in [2.05, 4.69) is 24.1 Å². The molecular weight excluding hydrogens is 389 g/mol. The fraction of sp³-hybridized carbons (Fsp3) is 0.562. The van der Waals surface area contributed by atoms with Gasteiger partial charge in [-0.05, 0) is 29.9 Å². The predicted molar refractivity (Wildman–Crippen MR) is 96.8 cm³/mol. The third kappa shape index (κ3) is 4.68. The summed E-state index contributed by atoms with van der Waals surface area (Å²) in [5.41, 5.74) is 5.49. The van der Waals surface area contributed by atoms with Crippen LogP contribution in [0.3, 0.4) is 0 Å². The molecule has 0 radical (unpaired) electrons. The zero-order valence-corrected chi connectivity index (χ0v) is 16.3. The Bertz CT molecular complexity index is 684. The molecule has 0 spiro atoms. The number of aromatic amines is 1. The minimum Gasteiger partial charge on any atom is -0.448 e. The minimum atomic E-state index is -0.838. The van der Waals surface area contributed by atoms with Crippen molar-refractivity contribution in [1.29, 1.82) is 0 Å². The number of nitrogens with two attached hydrogens (primary N) is 1. The van der Waals surface area contributed by atoms with E-state index < -0.39 is 12.6 Å². The van der Waals surface area contributed by atoms with E-state index in [4.69, 9.17) is 45.3 Å². The molecule has 1 amide bonds. The van der Waals surface area contributed by atoms with Crippen LogP contribution in [0.4, 0.5) is 5.69 Å². The Morgan fingerprint density at radius 2 is 1.92 bits per heavy atom. The Morgan fingerprint density at radius 3 is 2.60 bits per heavy atom. The van der Waals surface area contributed by atoms with Gasteiger partial charge in [-0.2, -0.15) is 4.98 Å². The molecule has 1 fully saturated rings. The van der Waals surface area contributed by atoms with Gasteiger partial charge in [-0.3, -0.25) is 4.79 Å². The normalized spacial score (nSPS) is 23.2. The first-order valence-electron chi connectivity index (χ1n) is 8.04. The van der Waals surface area contributed by atoms with Crippen molar-refractivity contribution in [3.05, 3.63) is 20.9 Å². The SMILES string of the molecule is C[C@@H]1[C@H](C)CCC[C@H]1NC(=O)COC(=O)c1[nH+]c(Cl)c(Cl)c(N)c1Cl. The Morgan fingerprint density at radius 1 is 1.24 bits per heavy atom. The van der Waals surface area contributed by atoms with Crippen LogP contribution in [0.15, 0.2) is 0 Å². The van der Waals surface area contributed by atoms with E-state index in [0.29, 0.717) is 11.8 Å². The summed E-state index contributed by atoms with van der Waals surface area (Å²) in [7, 11) is 0. The van der Waals surface area contributed by atoms with Gasteiger partial charge < -0.3 is 15.8 Å². The maximum absolute atomic E-state index is 12.1. The molecule has 6 nitrogen and oxygen atoms in total. The van der Waals surface area contributed by atoms with Crippen molar-refractivity contribution >= 4 is 52.4 Å². The molecule has 0 aromatic carbocycles. The molecule has 138 valence electrons. The third-order valence-corrected chi connectivity index (χ3v) is 5.88. The number of halogens is 3. The second-order valence-electron chi connectivity index (χ2n) is 6.37. The van der Waals surface area contributed by atoms with E-state index in [1.807, 2.05) is 0 Å². The average molecular weight is 410 g/mol. The standard InChI is InChI=1S/C16H20Cl3N3O3/c1-7-4-3-5-9(8(7)2)21-10(23)6-25-16(24)14-11(17)13(20)12(18)15(19)22-14/h7-9H,3-6H2,1-2H3,(H2,20,22)(H,21,23)/p+1/t7-,8-,9-/m1/s1. The number of H-pyrrole nitrogens is 1. The maximum atomic E-state index is 12.1. The summed E-state index contributed by atoms with van der Waals surface area (Å²) >= 11 is 17.6. The van der Waals surface area contributed by atoms with E-state index in [1.165, 1.54) is 0 Å². The number of esters is 1. The molecule has 1 aliphatic carbocycles. The number of amides is 1. The van der Waals surface area contributed by atoms with Gasteiger partial charge in [-0.1, -0.05) is 49.9 Å². The van der Waals surface area contributed by atoms with Crippen molar-refractivity contribution in [3.8, 4) is 0 Å². The summed E-state index contributed by atoms with van der Waals surface area (Å²) in [6.45, 7) is 3.88. The number of aromatic nitrogens is 1. The van der Waals surface area contributed by atoms with Gasteiger partial charge in [0.25, 0.3) is 11.1 Å². The monoisotopic (exact) mass is 408 g/mol. The molecule has 0 unspecified atom stereocenters. The predicted octanol–water partition coefficient (Wildman–Crippen LogP) is 3.14. The molecular formula is C16H21Cl3N3O3+. The van der Waals surface area contributed by atoms with Crippen LogP contribution in [0.5, 0.6) is 0 Å². The largest absolute Gasteiger partial charge is 0.448 e. The van der Waals surface area contributed by atoms with Crippen LogP contribution in [-0.2, 0) is 9.53 Å². The summed E-state index contributed by atoms with van der Waals surface area (Å²) in [4.78, 5) is 26.7. The molecule has 1 saturated carbocycles. The smallest absolute Gasteiger partial charge is 0.405 e. The number of ether oxygens (including phenoxy) is 1. The average Bonchev–Trinajstić information content (AvgIpc) is 2.58. The van der Waals surface area contributed by atoms with Crippen LogP contribution in [0.25, 0.3) is 0 Å². The number of hydrogen-bond acceptors (Lipinski definition) is 4. The van der Waals surface area contributed by atoms with Crippen LogP contribution in [0.1, 0.15) is 43.6 Å². The highest BCUT2D eigenvalue weighted by atomic mass is 35.5. The molecule has 0 aliphatic heterocycles. The molecule has 2 rings (SSSR count). The molecule has 1 aromatic rings. The second kappa shape index (κ2) is 8.43. The van der Waals surface area contributed by atoms with Crippen LogP contribution in [0.2, 0.25) is 15.2 Å². The lowest BCUT2D eigenvalue weighted by Gasteiger charge is -2.34. The summed E-state index contributed by atoms with van der Waals surface area (Å²) in [6, 6.07) is 0.0886. The molecule has 0 saturated heterocycles. The van der Waals surface area contributed by atoms with Crippen molar-refractivity contribution in [2.45, 2.75) is 39.2 Å². The topological polar surface area (TPSA) is 95.6 Å². The fourth-order valence-corrected chi connectivity index (χ4v) is 3.55. The number of carbonyl (C=O) groups excluding carboxylic acids is 2. The molecule has 0 bridgehead atoms. The van der Waals surface area contributed by atoms with Gasteiger partial charge in [0.2, 0.25) is 0 Å². The molecule has 1 aliphatic rings. The van der Waals surface area contributed by atoms with Gasteiger partial charge in [0, 0.05) is 6.04 Å². The molecule has 4 N–H and O–H groups in total. The first-order chi connectivity index (χ1) is 11.7. The van der Waals surface area contributed by atoms with Crippen LogP contribution >= 0.6 is 34.8 Å². The van der Waals surface area contributed by atoms with Crippen LogP contribution in [-0.4, -0.2) is 24.5 Å².